The van der Waals surface area contributed by atoms with Crippen LogP contribution in [0.4, 0.5) is 5.69 Å². The standard InChI is InChI=1S/C17H25N3O3/c1-3-16(17(21)22)23-15-11-9-13(10-12-15)18-19-20(2)14-7-5-4-6-8-14/h9-12,14,16H,3-8H2,1-2H3,(H,21,22)/p-1. The van der Waals surface area contributed by atoms with E-state index in [1.807, 2.05) is 12.1 Å². The zero-order valence-electron chi connectivity index (χ0n) is 13.8. The Morgan fingerprint density at radius 3 is 2.52 bits per heavy atom. The smallest absolute Gasteiger partial charge is 0.138 e. The molecule has 6 nitrogen and oxygen atoms in total. The predicted octanol–water partition coefficient (Wildman–Crippen LogP) is 2.86. The Bertz CT molecular complexity index is 524. The largest absolute Gasteiger partial charge is 0.546 e. The Kier molecular flexibility index (Phi) is 6.38. The molecule has 1 atom stereocenters. The molecule has 1 aromatic rings. The quantitative estimate of drug-likeness (QED) is 0.572. The van der Waals surface area contributed by atoms with Crippen LogP contribution >= 0.6 is 0 Å². The van der Waals surface area contributed by atoms with Crippen LogP contribution in [-0.4, -0.2) is 30.2 Å². The molecule has 6 heteroatoms. The molecular weight excluding hydrogens is 294 g/mol. The first kappa shape index (κ1) is 17.2. The maximum Gasteiger partial charge on any atom is 0.138 e. The van der Waals surface area contributed by atoms with E-state index in [0.29, 0.717) is 23.9 Å². The predicted molar refractivity (Wildman–Crippen MR) is 85.3 cm³/mol. The van der Waals surface area contributed by atoms with Gasteiger partial charge >= 0.3 is 0 Å². The number of rotatable bonds is 7. The van der Waals surface area contributed by atoms with Gasteiger partial charge in [-0.15, -0.1) is 5.11 Å². The highest BCUT2D eigenvalue weighted by Gasteiger charge is 2.16. The monoisotopic (exact) mass is 318 g/mol. The number of benzene rings is 1. The van der Waals surface area contributed by atoms with E-state index in [2.05, 4.69) is 10.3 Å². The minimum Gasteiger partial charge on any atom is -0.546 e. The average Bonchev–Trinajstić information content (AvgIpc) is 2.59. The second-order valence-electron chi connectivity index (χ2n) is 5.88. The molecule has 1 fully saturated rings. The third-order valence-electron chi connectivity index (χ3n) is 4.15. The van der Waals surface area contributed by atoms with Crippen molar-refractivity contribution < 1.29 is 14.6 Å². The normalized spacial score (nSPS) is 17.1. The van der Waals surface area contributed by atoms with Crippen LogP contribution in [-0.2, 0) is 4.79 Å². The summed E-state index contributed by atoms with van der Waals surface area (Å²) in [5, 5.41) is 21.3. The van der Waals surface area contributed by atoms with Gasteiger partial charge in [0.1, 0.15) is 11.9 Å². The summed E-state index contributed by atoms with van der Waals surface area (Å²) in [5.74, 6) is -0.717. The average molecular weight is 318 g/mol. The van der Waals surface area contributed by atoms with Gasteiger partial charge in [0.25, 0.3) is 0 Å². The van der Waals surface area contributed by atoms with Gasteiger partial charge < -0.3 is 14.6 Å². The number of carboxylic acid groups (broad SMARTS) is 1. The van der Waals surface area contributed by atoms with Gasteiger partial charge in [-0.3, -0.25) is 5.01 Å². The van der Waals surface area contributed by atoms with Crippen LogP contribution < -0.4 is 9.84 Å². The van der Waals surface area contributed by atoms with Crippen molar-refractivity contribution >= 4 is 11.7 Å². The molecule has 0 bridgehead atoms. The molecule has 23 heavy (non-hydrogen) atoms. The van der Waals surface area contributed by atoms with Crippen LogP contribution in [0.25, 0.3) is 0 Å². The Morgan fingerprint density at radius 2 is 1.96 bits per heavy atom. The van der Waals surface area contributed by atoms with Gasteiger partial charge in [-0.1, -0.05) is 31.4 Å². The van der Waals surface area contributed by atoms with Gasteiger partial charge in [-0.25, -0.2) is 0 Å². The van der Waals surface area contributed by atoms with Crippen LogP contribution in [0.3, 0.4) is 0 Å². The van der Waals surface area contributed by atoms with Crippen molar-refractivity contribution in [3.05, 3.63) is 24.3 Å². The van der Waals surface area contributed by atoms with Crippen molar-refractivity contribution in [2.45, 2.75) is 57.6 Å². The summed E-state index contributed by atoms with van der Waals surface area (Å²) < 4.78 is 5.36. The van der Waals surface area contributed by atoms with Crippen molar-refractivity contribution in [2.24, 2.45) is 10.3 Å². The second-order valence-corrected chi connectivity index (χ2v) is 5.88. The summed E-state index contributed by atoms with van der Waals surface area (Å²) in [4.78, 5) is 10.9. The third-order valence-corrected chi connectivity index (χ3v) is 4.15. The maximum absolute atomic E-state index is 10.9. The summed E-state index contributed by atoms with van der Waals surface area (Å²) in [6.07, 6.45) is 5.60. The molecule has 0 saturated heterocycles. The summed E-state index contributed by atoms with van der Waals surface area (Å²) in [7, 11) is 1.96. The summed E-state index contributed by atoms with van der Waals surface area (Å²) in [6, 6.07) is 7.38. The van der Waals surface area contributed by atoms with E-state index in [0.717, 1.165) is 0 Å². The van der Waals surface area contributed by atoms with Crippen LogP contribution in [0.5, 0.6) is 5.75 Å². The SMILES string of the molecule is CCC(Oc1ccc(N=NN(C)C2CCCCC2)cc1)C(=O)[O-]. The van der Waals surface area contributed by atoms with Gasteiger partial charge in [-0.2, -0.15) is 0 Å². The van der Waals surface area contributed by atoms with E-state index in [1.54, 1.807) is 31.2 Å². The molecular formula is C17H24N3O3-. The van der Waals surface area contributed by atoms with Crippen molar-refractivity contribution in [1.29, 1.82) is 0 Å². The fourth-order valence-corrected chi connectivity index (χ4v) is 2.70. The lowest BCUT2D eigenvalue weighted by Gasteiger charge is -2.27. The molecule has 1 saturated carbocycles. The number of carbonyl (C=O) groups excluding carboxylic acids is 1. The Balaban J connectivity index is 1.91. The third kappa shape index (κ3) is 5.23. The molecule has 0 amide bonds. The molecule has 0 aliphatic heterocycles. The first-order valence-corrected chi connectivity index (χ1v) is 8.22. The van der Waals surface area contributed by atoms with E-state index in [4.69, 9.17) is 4.74 Å². The van der Waals surface area contributed by atoms with Crippen LogP contribution in [0.15, 0.2) is 34.6 Å². The summed E-state index contributed by atoms with van der Waals surface area (Å²) in [6.45, 7) is 1.74. The van der Waals surface area contributed by atoms with Gasteiger partial charge in [0.05, 0.1) is 11.7 Å². The zero-order chi connectivity index (χ0) is 16.7. The lowest BCUT2D eigenvalue weighted by atomic mass is 9.95. The summed E-state index contributed by atoms with van der Waals surface area (Å²) >= 11 is 0. The van der Waals surface area contributed by atoms with Crippen molar-refractivity contribution in [2.75, 3.05) is 7.05 Å². The maximum atomic E-state index is 10.9. The number of carbonyl (C=O) groups is 1. The van der Waals surface area contributed by atoms with E-state index in [-0.39, 0.29) is 0 Å². The Labute approximate surface area is 137 Å². The fraction of sp³-hybridized carbons (Fsp3) is 0.588. The minimum atomic E-state index is -1.20. The first-order valence-electron chi connectivity index (χ1n) is 8.22. The number of ether oxygens (including phenoxy) is 1. The Hall–Kier alpha value is -2.11. The topological polar surface area (TPSA) is 77.3 Å². The molecule has 0 radical (unpaired) electrons. The molecule has 0 aromatic heterocycles. The second kappa shape index (κ2) is 8.50. The number of nitrogens with zero attached hydrogens (tertiary/aromatic N) is 3. The van der Waals surface area contributed by atoms with E-state index >= 15 is 0 Å². The highest BCUT2D eigenvalue weighted by atomic mass is 16.5. The molecule has 1 aliphatic rings. The first-order chi connectivity index (χ1) is 11.1. The van der Waals surface area contributed by atoms with E-state index in [9.17, 15) is 9.90 Å². The highest BCUT2D eigenvalue weighted by molar-refractivity contribution is 5.70. The van der Waals surface area contributed by atoms with Crippen LogP contribution in [0.2, 0.25) is 0 Å². The molecule has 1 aromatic carbocycles. The molecule has 126 valence electrons. The molecule has 1 unspecified atom stereocenters. The van der Waals surface area contributed by atoms with Gasteiger partial charge in [0, 0.05) is 13.1 Å². The van der Waals surface area contributed by atoms with Crippen molar-refractivity contribution in [1.82, 2.24) is 5.01 Å². The number of carboxylic acids is 1. The molecule has 1 aliphatic carbocycles. The van der Waals surface area contributed by atoms with Crippen molar-refractivity contribution in [3.63, 3.8) is 0 Å². The molecule has 0 spiro atoms. The summed E-state index contributed by atoms with van der Waals surface area (Å²) in [5.41, 5.74) is 0.710. The number of aliphatic carboxylic acids is 1. The zero-order valence-corrected chi connectivity index (χ0v) is 13.8. The molecule has 0 N–H and O–H groups in total. The van der Waals surface area contributed by atoms with Gasteiger partial charge in [-0.05, 0) is 43.5 Å². The van der Waals surface area contributed by atoms with E-state index in [1.165, 1.54) is 32.1 Å². The molecule has 0 heterocycles. The highest BCUT2D eigenvalue weighted by Crippen LogP contribution is 2.24. The van der Waals surface area contributed by atoms with Crippen molar-refractivity contribution in [3.8, 4) is 5.75 Å². The van der Waals surface area contributed by atoms with E-state index < -0.39 is 12.1 Å². The number of hydrogen-bond acceptors (Lipinski definition) is 5. The fourth-order valence-electron chi connectivity index (χ4n) is 2.70. The van der Waals surface area contributed by atoms with Gasteiger partial charge in [0.15, 0.2) is 0 Å². The van der Waals surface area contributed by atoms with Crippen LogP contribution in [0.1, 0.15) is 45.4 Å². The number of hydrogen-bond donors (Lipinski definition) is 0. The lowest BCUT2D eigenvalue weighted by molar-refractivity contribution is -0.313. The van der Waals surface area contributed by atoms with Crippen LogP contribution in [0, 0.1) is 0 Å². The lowest BCUT2D eigenvalue weighted by Crippen LogP contribution is -2.39. The minimum absolute atomic E-state index is 0.357. The molecule has 2 rings (SSSR count). The van der Waals surface area contributed by atoms with Gasteiger partial charge in [0.2, 0.25) is 0 Å². The Morgan fingerprint density at radius 1 is 1.30 bits per heavy atom.